The van der Waals surface area contributed by atoms with Gasteiger partial charge in [0.25, 0.3) is 5.91 Å². The highest BCUT2D eigenvalue weighted by molar-refractivity contribution is 5.95. The lowest BCUT2D eigenvalue weighted by molar-refractivity contribution is -0.145. The molecule has 6 heteroatoms. The molecule has 2 rings (SSSR count). The molecule has 1 aliphatic carbocycles. The van der Waals surface area contributed by atoms with E-state index >= 15 is 0 Å². The number of ketones is 1. The molecular formula is C15H18N2O4. The molecule has 0 unspecified atom stereocenters. The fraction of sp³-hybridized carbons (Fsp3) is 0.467. The predicted octanol–water partition coefficient (Wildman–Crippen LogP) is 1.11. The zero-order valence-electron chi connectivity index (χ0n) is 11.9. The van der Waals surface area contributed by atoms with Gasteiger partial charge in [0.05, 0.1) is 7.11 Å². The monoisotopic (exact) mass is 290 g/mol. The van der Waals surface area contributed by atoms with Gasteiger partial charge in [-0.05, 0) is 30.9 Å². The van der Waals surface area contributed by atoms with Crippen LogP contribution in [0.15, 0.2) is 24.4 Å². The number of carbonyl (C=O) groups is 3. The molecule has 1 amide bonds. The molecule has 0 aromatic carbocycles. The summed E-state index contributed by atoms with van der Waals surface area (Å²) >= 11 is 0. The second-order valence-electron chi connectivity index (χ2n) is 5.08. The Morgan fingerprint density at radius 3 is 2.86 bits per heavy atom. The number of esters is 1. The lowest BCUT2D eigenvalue weighted by Gasteiger charge is -2.28. The highest BCUT2D eigenvalue weighted by Crippen LogP contribution is 2.25. The zero-order valence-corrected chi connectivity index (χ0v) is 11.9. The Kier molecular flexibility index (Phi) is 5.03. The van der Waals surface area contributed by atoms with Crippen molar-refractivity contribution < 1.29 is 19.1 Å². The molecule has 0 radical (unpaired) electrons. The van der Waals surface area contributed by atoms with Crippen molar-refractivity contribution in [1.29, 1.82) is 0 Å². The number of carbonyl (C=O) groups excluding carboxylic acids is 3. The molecule has 112 valence electrons. The maximum Gasteiger partial charge on any atom is 0.328 e. The molecule has 1 N–H and O–H groups in total. The normalized spacial score (nSPS) is 19.7. The van der Waals surface area contributed by atoms with Gasteiger partial charge < -0.3 is 10.1 Å². The summed E-state index contributed by atoms with van der Waals surface area (Å²) in [6.45, 7) is 0. The Bertz CT molecular complexity index is 530. The van der Waals surface area contributed by atoms with Crippen molar-refractivity contribution in [3.8, 4) is 0 Å². The average Bonchev–Trinajstić information content (AvgIpc) is 2.52. The Morgan fingerprint density at radius 2 is 2.24 bits per heavy atom. The number of aromatic nitrogens is 1. The fourth-order valence-corrected chi connectivity index (χ4v) is 2.55. The quantitative estimate of drug-likeness (QED) is 0.840. The van der Waals surface area contributed by atoms with Crippen LogP contribution in [0.4, 0.5) is 0 Å². The van der Waals surface area contributed by atoms with Crippen LogP contribution in [0.3, 0.4) is 0 Å². The number of Topliss-reactive ketones (excluding diaryl/α,β-unsaturated/α-hetero) is 1. The third-order valence-electron chi connectivity index (χ3n) is 3.63. The van der Waals surface area contributed by atoms with E-state index in [-0.39, 0.29) is 17.4 Å². The summed E-state index contributed by atoms with van der Waals surface area (Å²) in [4.78, 5) is 39.6. The maximum absolute atomic E-state index is 12.1. The standard InChI is InChI=1S/C15H18N2O4/c1-21-15(20)13(10-5-4-6-11(18)9-10)17-14(19)12-7-2-3-8-16-12/h2-3,7-8,10,13H,4-6,9H2,1H3,(H,17,19)/t10-,13+/m0/s1. The lowest BCUT2D eigenvalue weighted by Crippen LogP contribution is -2.48. The molecule has 1 aromatic heterocycles. The largest absolute Gasteiger partial charge is 0.467 e. The van der Waals surface area contributed by atoms with Crippen LogP contribution >= 0.6 is 0 Å². The van der Waals surface area contributed by atoms with Crippen LogP contribution in [0, 0.1) is 5.92 Å². The summed E-state index contributed by atoms with van der Waals surface area (Å²) < 4.78 is 4.75. The SMILES string of the molecule is COC(=O)[C@H](NC(=O)c1ccccn1)[C@H]1CCCC(=O)C1. The molecule has 6 nitrogen and oxygen atoms in total. The number of nitrogens with zero attached hydrogens (tertiary/aromatic N) is 1. The van der Waals surface area contributed by atoms with E-state index in [1.807, 2.05) is 0 Å². The minimum Gasteiger partial charge on any atom is -0.467 e. The minimum absolute atomic E-state index is 0.118. The third-order valence-corrected chi connectivity index (χ3v) is 3.63. The molecule has 0 aliphatic heterocycles. The fourth-order valence-electron chi connectivity index (χ4n) is 2.55. The van der Waals surface area contributed by atoms with Crippen LogP contribution in [0.5, 0.6) is 0 Å². The van der Waals surface area contributed by atoms with Crippen molar-refractivity contribution in [2.24, 2.45) is 5.92 Å². The van der Waals surface area contributed by atoms with Gasteiger partial charge >= 0.3 is 5.97 Å². The summed E-state index contributed by atoms with van der Waals surface area (Å²) in [6, 6.07) is 4.15. The number of pyridine rings is 1. The van der Waals surface area contributed by atoms with Crippen LogP contribution in [0.25, 0.3) is 0 Å². The van der Waals surface area contributed by atoms with Crippen molar-refractivity contribution in [3.05, 3.63) is 30.1 Å². The molecule has 0 bridgehead atoms. The molecule has 2 atom stereocenters. The first kappa shape index (κ1) is 15.2. The van der Waals surface area contributed by atoms with Gasteiger partial charge in [0, 0.05) is 19.0 Å². The Balaban J connectivity index is 2.11. The van der Waals surface area contributed by atoms with Gasteiger partial charge in [0.15, 0.2) is 0 Å². The third kappa shape index (κ3) is 3.87. The van der Waals surface area contributed by atoms with E-state index in [1.54, 1.807) is 18.2 Å². The number of ether oxygens (including phenoxy) is 1. The van der Waals surface area contributed by atoms with E-state index in [0.717, 1.165) is 6.42 Å². The van der Waals surface area contributed by atoms with Crippen molar-refractivity contribution in [2.75, 3.05) is 7.11 Å². The molecule has 0 spiro atoms. The van der Waals surface area contributed by atoms with E-state index in [4.69, 9.17) is 4.74 Å². The maximum atomic E-state index is 12.1. The summed E-state index contributed by atoms with van der Waals surface area (Å²) in [6.07, 6.45) is 3.79. The number of methoxy groups -OCH3 is 1. The smallest absolute Gasteiger partial charge is 0.328 e. The zero-order chi connectivity index (χ0) is 15.2. The second kappa shape index (κ2) is 6.97. The van der Waals surface area contributed by atoms with E-state index < -0.39 is 17.9 Å². The molecule has 1 heterocycles. The molecular weight excluding hydrogens is 272 g/mol. The molecule has 1 aromatic rings. The number of hydrogen-bond donors (Lipinski definition) is 1. The number of hydrogen-bond acceptors (Lipinski definition) is 5. The van der Waals surface area contributed by atoms with Gasteiger partial charge in [0.2, 0.25) is 0 Å². The Hall–Kier alpha value is -2.24. The molecule has 1 fully saturated rings. The summed E-state index contributed by atoms with van der Waals surface area (Å²) in [5.74, 6) is -1.07. The first-order valence-corrected chi connectivity index (χ1v) is 6.93. The van der Waals surface area contributed by atoms with Crippen LogP contribution in [-0.4, -0.2) is 35.8 Å². The summed E-state index contributed by atoms with van der Waals surface area (Å²) in [5.41, 5.74) is 0.230. The van der Waals surface area contributed by atoms with Gasteiger partial charge in [-0.2, -0.15) is 0 Å². The second-order valence-corrected chi connectivity index (χ2v) is 5.08. The van der Waals surface area contributed by atoms with Gasteiger partial charge in [-0.25, -0.2) is 4.79 Å². The molecule has 21 heavy (non-hydrogen) atoms. The number of amides is 1. The lowest BCUT2D eigenvalue weighted by atomic mass is 9.83. The Labute approximate surface area is 122 Å². The highest BCUT2D eigenvalue weighted by Gasteiger charge is 2.34. The van der Waals surface area contributed by atoms with Crippen molar-refractivity contribution in [2.45, 2.75) is 31.7 Å². The molecule has 1 saturated carbocycles. The summed E-state index contributed by atoms with van der Waals surface area (Å²) in [7, 11) is 1.27. The van der Waals surface area contributed by atoms with Gasteiger partial charge in [-0.15, -0.1) is 0 Å². The number of nitrogens with one attached hydrogen (secondary N) is 1. The Morgan fingerprint density at radius 1 is 1.43 bits per heavy atom. The topological polar surface area (TPSA) is 85.4 Å². The first-order chi connectivity index (χ1) is 10.1. The van der Waals surface area contributed by atoms with Crippen molar-refractivity contribution in [1.82, 2.24) is 10.3 Å². The van der Waals surface area contributed by atoms with E-state index in [0.29, 0.717) is 19.3 Å². The van der Waals surface area contributed by atoms with Gasteiger partial charge in [-0.3, -0.25) is 14.6 Å². The van der Waals surface area contributed by atoms with Gasteiger partial charge in [0.1, 0.15) is 17.5 Å². The van der Waals surface area contributed by atoms with E-state index in [1.165, 1.54) is 13.3 Å². The van der Waals surface area contributed by atoms with Crippen molar-refractivity contribution in [3.63, 3.8) is 0 Å². The van der Waals surface area contributed by atoms with E-state index in [2.05, 4.69) is 10.3 Å². The highest BCUT2D eigenvalue weighted by atomic mass is 16.5. The van der Waals surface area contributed by atoms with Crippen LogP contribution < -0.4 is 5.32 Å². The first-order valence-electron chi connectivity index (χ1n) is 6.93. The molecule has 0 saturated heterocycles. The average molecular weight is 290 g/mol. The van der Waals surface area contributed by atoms with Crippen LogP contribution in [0.2, 0.25) is 0 Å². The van der Waals surface area contributed by atoms with Crippen molar-refractivity contribution >= 4 is 17.7 Å². The predicted molar refractivity (Wildman–Crippen MR) is 74.5 cm³/mol. The number of rotatable bonds is 4. The molecule has 1 aliphatic rings. The minimum atomic E-state index is -0.811. The van der Waals surface area contributed by atoms with Crippen LogP contribution in [-0.2, 0) is 14.3 Å². The van der Waals surface area contributed by atoms with Crippen LogP contribution in [0.1, 0.15) is 36.2 Å². The van der Waals surface area contributed by atoms with E-state index in [9.17, 15) is 14.4 Å². The summed E-state index contributed by atoms with van der Waals surface area (Å²) in [5, 5.41) is 2.65. The van der Waals surface area contributed by atoms with Gasteiger partial charge in [-0.1, -0.05) is 6.07 Å².